The van der Waals surface area contributed by atoms with Crippen LogP contribution >= 0.6 is 15.9 Å². The van der Waals surface area contributed by atoms with E-state index in [1.807, 2.05) is 31.2 Å². The number of benzene rings is 1. The van der Waals surface area contributed by atoms with E-state index < -0.39 is 0 Å². The van der Waals surface area contributed by atoms with Gasteiger partial charge in [0.2, 0.25) is 5.91 Å². The molecular formula is C13H18BrNO2. The summed E-state index contributed by atoms with van der Waals surface area (Å²) >= 11 is 3.38. The molecule has 0 heterocycles. The number of ether oxygens (including phenoxy) is 1. The molecule has 1 N–H and O–H groups in total. The zero-order chi connectivity index (χ0) is 12.5. The Hall–Kier alpha value is -0.870. The molecule has 0 aromatic heterocycles. The Bertz CT molecular complexity index is 355. The number of rotatable bonds is 7. The molecule has 1 rings (SSSR count). The van der Waals surface area contributed by atoms with Crippen molar-refractivity contribution in [3.63, 3.8) is 0 Å². The van der Waals surface area contributed by atoms with Crippen LogP contribution in [0.3, 0.4) is 0 Å². The van der Waals surface area contributed by atoms with Gasteiger partial charge in [-0.25, -0.2) is 0 Å². The second-order valence-corrected chi connectivity index (χ2v) is 4.62. The molecule has 0 saturated carbocycles. The average molecular weight is 300 g/mol. The monoisotopic (exact) mass is 299 g/mol. The second kappa shape index (κ2) is 8.25. The van der Waals surface area contributed by atoms with Crippen molar-refractivity contribution in [1.82, 2.24) is 5.32 Å². The smallest absolute Gasteiger partial charge is 0.224 e. The van der Waals surface area contributed by atoms with Gasteiger partial charge in [0.25, 0.3) is 0 Å². The van der Waals surface area contributed by atoms with Crippen molar-refractivity contribution in [2.45, 2.75) is 19.8 Å². The van der Waals surface area contributed by atoms with E-state index in [4.69, 9.17) is 4.74 Å². The topological polar surface area (TPSA) is 38.3 Å². The number of nitrogens with one attached hydrogen (secondary N) is 1. The fourth-order valence-electron chi connectivity index (χ4n) is 1.44. The van der Waals surface area contributed by atoms with Gasteiger partial charge in [0.1, 0.15) is 0 Å². The summed E-state index contributed by atoms with van der Waals surface area (Å²) in [7, 11) is 0. The number of hydrogen-bond acceptors (Lipinski definition) is 2. The molecule has 4 heteroatoms. The van der Waals surface area contributed by atoms with E-state index in [9.17, 15) is 4.79 Å². The molecule has 0 aliphatic carbocycles. The summed E-state index contributed by atoms with van der Waals surface area (Å²) in [5, 5.41) is 2.88. The summed E-state index contributed by atoms with van der Waals surface area (Å²) in [4.78, 5) is 11.6. The molecule has 0 aliphatic rings. The van der Waals surface area contributed by atoms with Gasteiger partial charge < -0.3 is 10.1 Å². The molecule has 0 bridgehead atoms. The Morgan fingerprint density at radius 1 is 1.47 bits per heavy atom. The first kappa shape index (κ1) is 14.2. The molecule has 1 amide bonds. The van der Waals surface area contributed by atoms with E-state index in [0.29, 0.717) is 19.6 Å². The molecule has 0 radical (unpaired) electrons. The van der Waals surface area contributed by atoms with Crippen LogP contribution in [0.15, 0.2) is 28.7 Å². The lowest BCUT2D eigenvalue weighted by atomic mass is 10.1. The normalized spacial score (nSPS) is 10.2. The van der Waals surface area contributed by atoms with Crippen LogP contribution in [0.5, 0.6) is 0 Å². The summed E-state index contributed by atoms with van der Waals surface area (Å²) in [5.41, 5.74) is 1.02. The highest BCUT2D eigenvalue weighted by Crippen LogP contribution is 2.11. The molecule has 1 aromatic rings. The third kappa shape index (κ3) is 6.44. The van der Waals surface area contributed by atoms with E-state index in [-0.39, 0.29) is 5.91 Å². The van der Waals surface area contributed by atoms with Crippen molar-refractivity contribution >= 4 is 21.8 Å². The Kier molecular flexibility index (Phi) is 6.89. The van der Waals surface area contributed by atoms with Gasteiger partial charge in [0.05, 0.1) is 6.42 Å². The van der Waals surface area contributed by atoms with Crippen LogP contribution < -0.4 is 5.32 Å². The van der Waals surface area contributed by atoms with E-state index in [1.54, 1.807) is 0 Å². The highest BCUT2D eigenvalue weighted by Gasteiger charge is 2.02. The van der Waals surface area contributed by atoms with Crippen LogP contribution in [0, 0.1) is 0 Å². The minimum absolute atomic E-state index is 0.0552. The first-order valence-electron chi connectivity index (χ1n) is 5.81. The molecule has 0 saturated heterocycles. The van der Waals surface area contributed by atoms with Gasteiger partial charge in [-0.2, -0.15) is 0 Å². The van der Waals surface area contributed by atoms with Crippen LogP contribution in [-0.4, -0.2) is 25.7 Å². The van der Waals surface area contributed by atoms with Gasteiger partial charge in [-0.15, -0.1) is 0 Å². The SMILES string of the molecule is CCOCCCNC(=O)Cc1cccc(Br)c1. The Labute approximate surface area is 111 Å². The van der Waals surface area contributed by atoms with Crippen molar-refractivity contribution in [2.75, 3.05) is 19.8 Å². The molecular weight excluding hydrogens is 282 g/mol. The van der Waals surface area contributed by atoms with E-state index >= 15 is 0 Å². The van der Waals surface area contributed by atoms with E-state index in [0.717, 1.165) is 23.1 Å². The highest BCUT2D eigenvalue weighted by molar-refractivity contribution is 9.10. The Balaban J connectivity index is 2.21. The van der Waals surface area contributed by atoms with E-state index in [1.165, 1.54) is 0 Å². The van der Waals surface area contributed by atoms with Crippen LogP contribution in [0.25, 0.3) is 0 Å². The molecule has 1 aromatic carbocycles. The second-order valence-electron chi connectivity index (χ2n) is 3.71. The molecule has 0 spiro atoms. The van der Waals surface area contributed by atoms with Gasteiger partial charge in [0.15, 0.2) is 0 Å². The summed E-state index contributed by atoms with van der Waals surface area (Å²) in [6.45, 7) is 4.07. The Morgan fingerprint density at radius 2 is 2.29 bits per heavy atom. The van der Waals surface area contributed by atoms with Crippen LogP contribution in [-0.2, 0) is 16.0 Å². The van der Waals surface area contributed by atoms with Crippen molar-refractivity contribution < 1.29 is 9.53 Å². The van der Waals surface area contributed by atoms with Gasteiger partial charge in [0, 0.05) is 24.2 Å². The number of carbonyl (C=O) groups is 1. The number of hydrogen-bond donors (Lipinski definition) is 1. The summed E-state index contributed by atoms with van der Waals surface area (Å²) in [5.74, 6) is 0.0552. The standard InChI is InChI=1S/C13H18BrNO2/c1-2-17-8-4-7-15-13(16)10-11-5-3-6-12(14)9-11/h3,5-6,9H,2,4,7-8,10H2,1H3,(H,15,16). The highest BCUT2D eigenvalue weighted by atomic mass is 79.9. The van der Waals surface area contributed by atoms with Crippen molar-refractivity contribution in [3.05, 3.63) is 34.3 Å². The van der Waals surface area contributed by atoms with Gasteiger partial charge in [-0.1, -0.05) is 28.1 Å². The van der Waals surface area contributed by atoms with Gasteiger partial charge in [-0.05, 0) is 31.0 Å². The number of amides is 1. The molecule has 17 heavy (non-hydrogen) atoms. The maximum absolute atomic E-state index is 11.6. The zero-order valence-corrected chi connectivity index (χ0v) is 11.6. The minimum Gasteiger partial charge on any atom is -0.382 e. The van der Waals surface area contributed by atoms with E-state index in [2.05, 4.69) is 21.2 Å². The van der Waals surface area contributed by atoms with Gasteiger partial charge >= 0.3 is 0 Å². The first-order chi connectivity index (χ1) is 8.22. The fraction of sp³-hybridized carbons (Fsp3) is 0.462. The van der Waals surface area contributed by atoms with Crippen molar-refractivity contribution in [2.24, 2.45) is 0 Å². The summed E-state index contributed by atoms with van der Waals surface area (Å²) in [6.07, 6.45) is 1.28. The van der Waals surface area contributed by atoms with Gasteiger partial charge in [-0.3, -0.25) is 4.79 Å². The molecule has 94 valence electrons. The average Bonchev–Trinajstić information content (AvgIpc) is 2.29. The number of carbonyl (C=O) groups excluding carboxylic acids is 1. The van der Waals surface area contributed by atoms with Crippen LogP contribution in [0.2, 0.25) is 0 Å². The maximum atomic E-state index is 11.6. The van der Waals surface area contributed by atoms with Crippen LogP contribution in [0.4, 0.5) is 0 Å². The summed E-state index contributed by atoms with van der Waals surface area (Å²) in [6, 6.07) is 7.79. The lowest BCUT2D eigenvalue weighted by molar-refractivity contribution is -0.120. The maximum Gasteiger partial charge on any atom is 0.224 e. The van der Waals surface area contributed by atoms with Crippen molar-refractivity contribution in [1.29, 1.82) is 0 Å². The molecule has 0 aliphatic heterocycles. The predicted octanol–water partition coefficient (Wildman–Crippen LogP) is 2.53. The lowest BCUT2D eigenvalue weighted by Gasteiger charge is -2.05. The lowest BCUT2D eigenvalue weighted by Crippen LogP contribution is -2.26. The van der Waals surface area contributed by atoms with Crippen LogP contribution in [0.1, 0.15) is 18.9 Å². The minimum atomic E-state index is 0.0552. The molecule has 0 atom stereocenters. The Morgan fingerprint density at radius 3 is 3.00 bits per heavy atom. The molecule has 0 fully saturated rings. The predicted molar refractivity (Wildman–Crippen MR) is 72.0 cm³/mol. The fourth-order valence-corrected chi connectivity index (χ4v) is 1.89. The first-order valence-corrected chi connectivity index (χ1v) is 6.60. The third-order valence-corrected chi connectivity index (χ3v) is 2.74. The van der Waals surface area contributed by atoms with Crippen molar-refractivity contribution in [3.8, 4) is 0 Å². The zero-order valence-electron chi connectivity index (χ0n) is 10.0. The molecule has 0 unspecified atom stereocenters. The third-order valence-electron chi connectivity index (χ3n) is 2.25. The molecule has 3 nitrogen and oxygen atoms in total. The number of halogens is 1. The largest absolute Gasteiger partial charge is 0.382 e. The summed E-state index contributed by atoms with van der Waals surface area (Å²) < 4.78 is 6.19. The quantitative estimate of drug-likeness (QED) is 0.786.